The van der Waals surface area contributed by atoms with Gasteiger partial charge in [0, 0.05) is 10.6 Å². The fraction of sp³-hybridized carbons (Fsp3) is 0.278. The van der Waals surface area contributed by atoms with Crippen molar-refractivity contribution < 1.29 is 32.6 Å². The molecule has 0 spiro atoms. The van der Waals surface area contributed by atoms with Crippen LogP contribution in [0.3, 0.4) is 0 Å². The Morgan fingerprint density at radius 3 is 2.44 bits per heavy atom. The zero-order valence-corrected chi connectivity index (χ0v) is 15.5. The number of carbonyl (C=O) groups excluding carboxylic acids is 1. The molecular formula is C18H17ClF3NO4. The summed E-state index contributed by atoms with van der Waals surface area (Å²) in [6.45, 7) is 2.82. The van der Waals surface area contributed by atoms with E-state index in [-0.39, 0.29) is 27.1 Å². The van der Waals surface area contributed by atoms with Gasteiger partial charge in [-0.25, -0.2) is 4.79 Å². The number of methoxy groups -OCH3 is 1. The molecule has 0 saturated carbocycles. The van der Waals surface area contributed by atoms with Crippen LogP contribution in [0.4, 0.5) is 23.7 Å². The van der Waals surface area contributed by atoms with Crippen molar-refractivity contribution in [1.82, 2.24) is 0 Å². The summed E-state index contributed by atoms with van der Waals surface area (Å²) in [5.74, 6) is -0.376. The molecule has 2 aromatic carbocycles. The summed E-state index contributed by atoms with van der Waals surface area (Å²) in [6, 6.07) is 6.56. The van der Waals surface area contributed by atoms with Crippen LogP contribution in [0.25, 0.3) is 0 Å². The van der Waals surface area contributed by atoms with Crippen molar-refractivity contribution in [2.45, 2.75) is 26.6 Å². The van der Waals surface area contributed by atoms with E-state index in [1.54, 1.807) is 13.8 Å². The van der Waals surface area contributed by atoms with Crippen LogP contribution >= 0.6 is 11.6 Å². The number of carbonyl (C=O) groups is 1. The van der Waals surface area contributed by atoms with Crippen LogP contribution in [0.2, 0.25) is 5.02 Å². The summed E-state index contributed by atoms with van der Waals surface area (Å²) in [7, 11) is 1.07. The van der Waals surface area contributed by atoms with Crippen LogP contribution in [-0.4, -0.2) is 18.4 Å². The van der Waals surface area contributed by atoms with E-state index in [0.717, 1.165) is 13.2 Å². The predicted octanol–water partition coefficient (Wildman–Crippen LogP) is 5.52. The van der Waals surface area contributed by atoms with Gasteiger partial charge in [0.25, 0.3) is 0 Å². The first-order valence-electron chi connectivity index (χ1n) is 7.71. The van der Waals surface area contributed by atoms with E-state index < -0.39 is 24.4 Å². The number of hydroxylamine groups is 1. The Morgan fingerprint density at radius 2 is 1.85 bits per heavy atom. The molecule has 9 heteroatoms. The number of hydrogen-bond acceptors (Lipinski definition) is 4. The van der Waals surface area contributed by atoms with Gasteiger partial charge in [0.05, 0.1) is 18.4 Å². The van der Waals surface area contributed by atoms with E-state index in [0.29, 0.717) is 11.1 Å². The van der Waals surface area contributed by atoms with Gasteiger partial charge in [-0.15, -0.1) is 0 Å². The van der Waals surface area contributed by atoms with Crippen LogP contribution in [0, 0.1) is 13.8 Å². The normalized spacial score (nSPS) is 11.3. The van der Waals surface area contributed by atoms with Gasteiger partial charge in [0.15, 0.2) is 0 Å². The van der Waals surface area contributed by atoms with E-state index in [2.05, 4.69) is 4.74 Å². The first kappa shape index (κ1) is 20.9. The van der Waals surface area contributed by atoms with E-state index in [9.17, 15) is 23.2 Å². The maximum absolute atomic E-state index is 13.3. The minimum Gasteiger partial charge on any atom is -0.488 e. The summed E-state index contributed by atoms with van der Waals surface area (Å²) in [4.78, 5) is 11.5. The number of alkyl halides is 3. The number of aryl methyl sites for hydroxylation is 2. The summed E-state index contributed by atoms with van der Waals surface area (Å²) in [5, 5.41) is 10.2. The highest BCUT2D eigenvalue weighted by atomic mass is 35.5. The molecule has 1 amide bonds. The van der Waals surface area contributed by atoms with Crippen molar-refractivity contribution in [3.8, 4) is 5.75 Å². The zero-order chi connectivity index (χ0) is 20.4. The van der Waals surface area contributed by atoms with Crippen LogP contribution in [0.5, 0.6) is 5.75 Å². The lowest BCUT2D eigenvalue weighted by molar-refractivity contribution is -0.139. The molecule has 0 unspecified atom stereocenters. The Kier molecular flexibility index (Phi) is 6.22. The fourth-order valence-electron chi connectivity index (χ4n) is 2.35. The largest absolute Gasteiger partial charge is 0.488 e. The smallest absolute Gasteiger partial charge is 0.438 e. The quantitative estimate of drug-likeness (QED) is 0.539. The summed E-state index contributed by atoms with van der Waals surface area (Å²) < 4.78 is 49.7. The predicted molar refractivity (Wildman–Crippen MR) is 93.4 cm³/mol. The molecule has 0 heterocycles. The molecule has 1 N–H and O–H groups in total. The number of anilines is 1. The number of amides is 1. The Morgan fingerprint density at radius 1 is 1.22 bits per heavy atom. The molecular weight excluding hydrogens is 387 g/mol. The number of nitrogens with zero attached hydrogens (tertiary/aromatic N) is 1. The van der Waals surface area contributed by atoms with Gasteiger partial charge in [-0.05, 0) is 49.2 Å². The molecule has 0 fully saturated rings. The highest BCUT2D eigenvalue weighted by molar-refractivity contribution is 6.31. The summed E-state index contributed by atoms with van der Waals surface area (Å²) >= 11 is 6.08. The molecule has 2 aromatic rings. The number of halogens is 4. The van der Waals surface area contributed by atoms with E-state index in [4.69, 9.17) is 16.3 Å². The average Bonchev–Trinajstić information content (AvgIpc) is 2.60. The lowest BCUT2D eigenvalue weighted by atomic mass is 10.0. The molecule has 146 valence electrons. The van der Waals surface area contributed by atoms with Crippen LogP contribution in [0.15, 0.2) is 30.3 Å². The Labute approximate surface area is 158 Å². The molecule has 0 saturated heterocycles. The van der Waals surface area contributed by atoms with Gasteiger partial charge in [-0.3, -0.25) is 5.21 Å². The molecule has 0 aliphatic carbocycles. The highest BCUT2D eigenvalue weighted by Crippen LogP contribution is 2.39. The zero-order valence-electron chi connectivity index (χ0n) is 14.7. The van der Waals surface area contributed by atoms with Crippen molar-refractivity contribution in [2.24, 2.45) is 0 Å². The summed E-state index contributed by atoms with van der Waals surface area (Å²) in [5.41, 5.74) is 0.231. The van der Waals surface area contributed by atoms with Crippen LogP contribution < -0.4 is 9.80 Å². The third kappa shape index (κ3) is 4.64. The van der Waals surface area contributed by atoms with Crippen molar-refractivity contribution in [3.05, 3.63) is 57.6 Å². The van der Waals surface area contributed by atoms with Crippen molar-refractivity contribution in [2.75, 3.05) is 12.2 Å². The molecule has 2 rings (SSSR count). The van der Waals surface area contributed by atoms with Crippen molar-refractivity contribution >= 4 is 23.4 Å². The summed E-state index contributed by atoms with van der Waals surface area (Å²) in [6.07, 6.45) is -5.69. The van der Waals surface area contributed by atoms with Crippen LogP contribution in [0.1, 0.15) is 22.3 Å². The van der Waals surface area contributed by atoms with E-state index in [1.807, 2.05) is 0 Å². The average molecular weight is 404 g/mol. The highest BCUT2D eigenvalue weighted by Gasteiger charge is 2.35. The van der Waals surface area contributed by atoms with Gasteiger partial charge in [0.2, 0.25) is 0 Å². The molecule has 0 aromatic heterocycles. The van der Waals surface area contributed by atoms with E-state index >= 15 is 0 Å². The monoisotopic (exact) mass is 403 g/mol. The lowest BCUT2D eigenvalue weighted by Crippen LogP contribution is -2.28. The number of hydrogen-bond donors (Lipinski definition) is 1. The second kappa shape index (κ2) is 8.06. The molecule has 0 aliphatic heterocycles. The maximum atomic E-state index is 13.3. The Balaban J connectivity index is 2.41. The van der Waals surface area contributed by atoms with Crippen LogP contribution in [-0.2, 0) is 17.5 Å². The third-order valence-corrected chi connectivity index (χ3v) is 4.30. The molecule has 0 atom stereocenters. The third-order valence-electron chi connectivity index (χ3n) is 3.94. The molecule has 5 nitrogen and oxygen atoms in total. The number of ether oxygens (including phenoxy) is 2. The fourth-order valence-corrected chi connectivity index (χ4v) is 2.58. The topological polar surface area (TPSA) is 59.0 Å². The molecule has 0 bridgehead atoms. The van der Waals surface area contributed by atoms with Crippen molar-refractivity contribution in [1.29, 1.82) is 0 Å². The number of benzene rings is 2. The van der Waals surface area contributed by atoms with Crippen molar-refractivity contribution in [3.63, 3.8) is 0 Å². The molecule has 27 heavy (non-hydrogen) atoms. The molecule has 0 radical (unpaired) electrons. The maximum Gasteiger partial charge on any atom is 0.438 e. The Hall–Kier alpha value is -2.45. The minimum absolute atomic E-state index is 0.0632. The second-order valence-electron chi connectivity index (χ2n) is 5.74. The minimum atomic E-state index is -4.61. The van der Waals surface area contributed by atoms with Gasteiger partial charge in [0.1, 0.15) is 12.4 Å². The van der Waals surface area contributed by atoms with Gasteiger partial charge in [-0.2, -0.15) is 18.2 Å². The SMILES string of the molecule is COC(=O)N(O)c1cccc(Cl)c1COc1cc(C)c(C)cc1C(F)(F)F. The Bertz CT molecular complexity index is 855. The number of rotatable bonds is 4. The first-order valence-corrected chi connectivity index (χ1v) is 8.09. The van der Waals surface area contributed by atoms with Gasteiger partial charge < -0.3 is 9.47 Å². The second-order valence-corrected chi connectivity index (χ2v) is 6.15. The van der Waals surface area contributed by atoms with E-state index in [1.165, 1.54) is 24.3 Å². The first-order chi connectivity index (χ1) is 12.6. The molecule has 0 aliphatic rings. The lowest BCUT2D eigenvalue weighted by Gasteiger charge is -2.20. The van der Waals surface area contributed by atoms with Gasteiger partial charge >= 0.3 is 12.3 Å². The standard InChI is InChI=1S/C18H17ClF3NO4/c1-10-7-13(18(20,21)22)16(8-11(10)2)27-9-12-14(19)5-4-6-15(12)23(25)17(24)26-3/h4-8,25H,9H2,1-3H3. The van der Waals surface area contributed by atoms with Gasteiger partial charge in [-0.1, -0.05) is 17.7 Å².